The Bertz CT molecular complexity index is 1160. The molecule has 34 heavy (non-hydrogen) atoms. The lowest BCUT2D eigenvalue weighted by atomic mass is 9.84. The number of nitrogens with one attached hydrogen (secondary N) is 2. The van der Waals surface area contributed by atoms with Crippen molar-refractivity contribution in [2.75, 3.05) is 32.1 Å². The molecule has 0 aliphatic heterocycles. The van der Waals surface area contributed by atoms with Crippen LogP contribution in [-0.4, -0.2) is 42.6 Å². The molecule has 3 N–H and O–H groups in total. The van der Waals surface area contributed by atoms with Gasteiger partial charge in [0.05, 0.1) is 30.4 Å². The molecular weight excluding hydrogens is 473 g/mol. The molecule has 0 radical (unpaired) electrons. The predicted octanol–water partition coefficient (Wildman–Crippen LogP) is 5.46. The van der Waals surface area contributed by atoms with Crippen molar-refractivity contribution in [2.24, 2.45) is 5.41 Å². The zero-order chi connectivity index (χ0) is 24.7. The molecule has 3 aromatic rings. The van der Waals surface area contributed by atoms with E-state index in [1.807, 2.05) is 44.2 Å². The van der Waals surface area contributed by atoms with Gasteiger partial charge in [-0.1, -0.05) is 32.4 Å². The number of hydrogen-bond acceptors (Lipinski definition) is 6. The van der Waals surface area contributed by atoms with Crippen molar-refractivity contribution in [3.8, 4) is 5.75 Å². The highest BCUT2D eigenvalue weighted by molar-refractivity contribution is 7.24. The number of carbonyl (C=O) groups is 1. The van der Waals surface area contributed by atoms with Gasteiger partial charge in [0.25, 0.3) is 0 Å². The molecule has 0 saturated heterocycles. The van der Waals surface area contributed by atoms with Gasteiger partial charge in [-0.2, -0.15) is 0 Å². The van der Waals surface area contributed by atoms with Crippen LogP contribution in [0.3, 0.4) is 0 Å². The summed E-state index contributed by atoms with van der Waals surface area (Å²) in [6.45, 7) is 7.45. The molecule has 0 fully saturated rings. The zero-order valence-electron chi connectivity index (χ0n) is 20.1. The molecule has 0 aliphatic rings. The van der Waals surface area contributed by atoms with Gasteiger partial charge in [0.1, 0.15) is 5.75 Å². The number of aryl methyl sites for hydroxylation is 1. The van der Waals surface area contributed by atoms with E-state index in [2.05, 4.69) is 17.6 Å². The van der Waals surface area contributed by atoms with Gasteiger partial charge in [0, 0.05) is 39.9 Å². The van der Waals surface area contributed by atoms with E-state index in [0.717, 1.165) is 51.8 Å². The Labute approximate surface area is 207 Å². The van der Waals surface area contributed by atoms with Gasteiger partial charge < -0.3 is 24.8 Å². The van der Waals surface area contributed by atoms with Crippen LogP contribution in [0.4, 0.5) is 5.69 Å². The smallest absolute Gasteiger partial charge is 0.225 e. The topological polar surface area (TPSA) is 92.7 Å². The van der Waals surface area contributed by atoms with Gasteiger partial charge in [-0.05, 0) is 49.6 Å². The number of aromatic nitrogens is 1. The number of methoxy groups -OCH3 is 1. The molecule has 0 saturated carbocycles. The summed E-state index contributed by atoms with van der Waals surface area (Å²) in [5, 5.41) is 9.15. The van der Waals surface area contributed by atoms with Crippen molar-refractivity contribution < 1.29 is 18.9 Å². The van der Waals surface area contributed by atoms with Gasteiger partial charge >= 0.3 is 0 Å². The standard InChI is InChI=1S/C25H33ClN3O4P/c1-5-12-27-23-17-7-6-16(26)15-20(17)29-19-8-9-21(32-4)18(22(19)23)10-11-25(2,3)24(30)28-13-14-33-34-31/h6-9,15,31,34H,5,10-14H2,1-4H3,(H,27,29)(H,28,30). The molecule has 0 bridgehead atoms. The molecule has 1 heterocycles. The van der Waals surface area contributed by atoms with Gasteiger partial charge in [-0.25, -0.2) is 4.98 Å². The number of halogens is 1. The Kier molecular flexibility index (Phi) is 9.31. The molecule has 7 nitrogen and oxygen atoms in total. The molecule has 9 heteroatoms. The highest BCUT2D eigenvalue weighted by Gasteiger charge is 2.28. The summed E-state index contributed by atoms with van der Waals surface area (Å²) in [7, 11) is 1.09. The summed E-state index contributed by atoms with van der Waals surface area (Å²) < 4.78 is 10.7. The third kappa shape index (κ3) is 6.08. The molecular formula is C25H33ClN3O4P. The average molecular weight is 506 g/mol. The Morgan fingerprint density at radius 1 is 1.21 bits per heavy atom. The fraction of sp³-hybridized carbons (Fsp3) is 0.440. The summed E-state index contributed by atoms with van der Waals surface area (Å²) >= 11 is 6.25. The SMILES string of the molecule is CCCNc1c2ccc(Cl)cc2nc2ccc(OC)c(CCC(C)(C)C(=O)NCCOPO)c12. The minimum Gasteiger partial charge on any atom is -0.496 e. The quantitative estimate of drug-likeness (QED) is 0.172. The first-order valence-corrected chi connectivity index (χ1v) is 12.7. The van der Waals surface area contributed by atoms with Crippen molar-refractivity contribution in [3.63, 3.8) is 0 Å². The third-order valence-corrected chi connectivity index (χ3v) is 6.48. The minimum absolute atomic E-state index is 0.0564. The van der Waals surface area contributed by atoms with Crippen LogP contribution in [0.5, 0.6) is 5.75 Å². The third-order valence-electron chi connectivity index (χ3n) is 5.91. The Balaban J connectivity index is 2.02. The first kappa shape index (κ1) is 26.4. The molecule has 1 atom stereocenters. The molecule has 1 unspecified atom stereocenters. The summed E-state index contributed by atoms with van der Waals surface area (Å²) in [5.41, 5.74) is 3.11. The van der Waals surface area contributed by atoms with E-state index >= 15 is 0 Å². The summed E-state index contributed by atoms with van der Waals surface area (Å²) in [6.07, 6.45) is 2.23. The maximum absolute atomic E-state index is 12.8. The molecule has 1 amide bonds. The fourth-order valence-corrected chi connectivity index (χ4v) is 4.35. The maximum Gasteiger partial charge on any atom is 0.225 e. The molecule has 0 aliphatic carbocycles. The summed E-state index contributed by atoms with van der Waals surface area (Å²) in [6, 6.07) is 9.66. The average Bonchev–Trinajstić information content (AvgIpc) is 2.82. The summed E-state index contributed by atoms with van der Waals surface area (Å²) in [4.78, 5) is 26.4. The van der Waals surface area contributed by atoms with Crippen molar-refractivity contribution in [1.82, 2.24) is 10.3 Å². The second kappa shape index (κ2) is 12.0. The van der Waals surface area contributed by atoms with E-state index in [-0.39, 0.29) is 12.5 Å². The number of hydrogen-bond donors (Lipinski definition) is 3. The van der Waals surface area contributed by atoms with Gasteiger partial charge in [0.15, 0.2) is 9.03 Å². The first-order chi connectivity index (χ1) is 16.3. The number of ether oxygens (including phenoxy) is 1. The van der Waals surface area contributed by atoms with E-state index in [9.17, 15) is 4.79 Å². The first-order valence-electron chi connectivity index (χ1n) is 11.4. The number of nitrogens with zero attached hydrogens (tertiary/aromatic N) is 1. The largest absolute Gasteiger partial charge is 0.496 e. The second-order valence-electron chi connectivity index (χ2n) is 8.80. The minimum atomic E-state index is -0.608. The highest BCUT2D eigenvalue weighted by Crippen LogP contribution is 2.39. The van der Waals surface area contributed by atoms with Crippen LogP contribution in [-0.2, 0) is 15.7 Å². The molecule has 3 rings (SSSR count). The van der Waals surface area contributed by atoms with Crippen molar-refractivity contribution >= 4 is 54.0 Å². The van der Waals surface area contributed by atoms with Crippen molar-refractivity contribution in [1.29, 1.82) is 0 Å². The number of pyridine rings is 1. The monoisotopic (exact) mass is 505 g/mol. The van der Waals surface area contributed by atoms with E-state index in [0.29, 0.717) is 24.4 Å². The van der Waals surface area contributed by atoms with Crippen LogP contribution >= 0.6 is 20.6 Å². The second-order valence-corrected chi connectivity index (χ2v) is 9.70. The van der Waals surface area contributed by atoms with Crippen LogP contribution in [0.25, 0.3) is 21.8 Å². The number of anilines is 1. The van der Waals surface area contributed by atoms with E-state index < -0.39 is 14.4 Å². The Morgan fingerprint density at radius 2 is 2.00 bits per heavy atom. The maximum atomic E-state index is 12.8. The Morgan fingerprint density at radius 3 is 2.71 bits per heavy atom. The molecule has 184 valence electrons. The highest BCUT2D eigenvalue weighted by atomic mass is 35.5. The number of fused-ring (bicyclic) bond motifs is 2. The molecule has 2 aromatic carbocycles. The van der Waals surface area contributed by atoms with Crippen LogP contribution in [0, 0.1) is 5.41 Å². The summed E-state index contributed by atoms with van der Waals surface area (Å²) in [5.74, 6) is 0.717. The normalized spacial score (nSPS) is 12.1. The van der Waals surface area contributed by atoms with Crippen LogP contribution in [0.2, 0.25) is 5.02 Å². The number of amides is 1. The van der Waals surface area contributed by atoms with E-state index in [1.54, 1.807) is 7.11 Å². The lowest BCUT2D eigenvalue weighted by Gasteiger charge is -2.25. The number of benzene rings is 2. The van der Waals surface area contributed by atoms with Crippen LogP contribution in [0.1, 0.15) is 39.2 Å². The van der Waals surface area contributed by atoms with Gasteiger partial charge in [-0.15, -0.1) is 0 Å². The van der Waals surface area contributed by atoms with E-state index in [1.165, 1.54) is 0 Å². The predicted molar refractivity (Wildman–Crippen MR) is 141 cm³/mol. The van der Waals surface area contributed by atoms with Gasteiger partial charge in [-0.3, -0.25) is 4.79 Å². The molecule has 1 aromatic heterocycles. The van der Waals surface area contributed by atoms with Crippen LogP contribution < -0.4 is 15.4 Å². The van der Waals surface area contributed by atoms with E-state index in [4.69, 9.17) is 30.7 Å². The van der Waals surface area contributed by atoms with Gasteiger partial charge in [0.2, 0.25) is 5.91 Å². The van der Waals surface area contributed by atoms with Crippen LogP contribution in [0.15, 0.2) is 30.3 Å². The lowest BCUT2D eigenvalue weighted by Crippen LogP contribution is -2.38. The number of rotatable bonds is 12. The van der Waals surface area contributed by atoms with Crippen molar-refractivity contribution in [3.05, 3.63) is 40.9 Å². The number of carbonyl (C=O) groups excluding carboxylic acids is 1. The Hall–Kier alpha value is -2.18. The zero-order valence-corrected chi connectivity index (χ0v) is 21.9. The fourth-order valence-electron chi connectivity index (χ4n) is 3.99. The molecule has 0 spiro atoms. The lowest BCUT2D eigenvalue weighted by molar-refractivity contribution is -0.129. The van der Waals surface area contributed by atoms with Crippen molar-refractivity contribution in [2.45, 2.75) is 40.0 Å².